The lowest BCUT2D eigenvalue weighted by Crippen LogP contribution is -2.18. The molecular weight excluding hydrogens is 378 g/mol. The van der Waals surface area contributed by atoms with Crippen molar-refractivity contribution >= 4 is 22.9 Å². The molecule has 0 saturated carbocycles. The van der Waals surface area contributed by atoms with Gasteiger partial charge in [0.15, 0.2) is 0 Å². The second kappa shape index (κ2) is 8.05. The fraction of sp³-hybridized carbons (Fsp3) is 0.167. The lowest BCUT2D eigenvalue weighted by Gasteiger charge is -2.16. The highest BCUT2D eigenvalue weighted by atomic mass is 32.1. The number of para-hydroxylation sites is 2. The summed E-state index contributed by atoms with van der Waals surface area (Å²) in [6.45, 7) is 6.29. The average molecular weight is 402 g/mol. The van der Waals surface area contributed by atoms with Gasteiger partial charge in [0.2, 0.25) is 0 Å². The molecule has 4 rings (SSSR count). The Balaban J connectivity index is 1.78. The summed E-state index contributed by atoms with van der Waals surface area (Å²) in [6.07, 6.45) is 0. The van der Waals surface area contributed by atoms with E-state index in [0.717, 1.165) is 33.1 Å². The number of carbonyl (C=O) groups excluding carboxylic acids is 1. The molecule has 0 unspecified atom stereocenters. The Hall–Kier alpha value is -3.18. The minimum atomic E-state index is -0.166. The van der Waals surface area contributed by atoms with Crippen LogP contribution in [-0.2, 0) is 0 Å². The lowest BCUT2D eigenvalue weighted by atomic mass is 9.98. The van der Waals surface area contributed by atoms with Gasteiger partial charge in [-0.2, -0.15) is 5.10 Å². The fourth-order valence-electron chi connectivity index (χ4n) is 3.37. The van der Waals surface area contributed by atoms with E-state index in [9.17, 15) is 4.79 Å². The molecule has 0 aliphatic rings. The van der Waals surface area contributed by atoms with E-state index in [1.807, 2.05) is 73.0 Å². The fourth-order valence-corrected chi connectivity index (χ4v) is 4.05. The number of nitrogens with one attached hydrogen (secondary N) is 1. The van der Waals surface area contributed by atoms with Gasteiger partial charge in [-0.15, -0.1) is 11.3 Å². The number of hydrogen-bond acceptors (Lipinski definition) is 3. The average Bonchev–Trinajstić information content (AvgIpc) is 3.39. The predicted octanol–water partition coefficient (Wildman–Crippen LogP) is 6.28. The zero-order chi connectivity index (χ0) is 20.4. The van der Waals surface area contributed by atoms with Crippen molar-refractivity contribution in [3.05, 3.63) is 88.9 Å². The van der Waals surface area contributed by atoms with Crippen LogP contribution in [0.5, 0.6) is 0 Å². The van der Waals surface area contributed by atoms with Gasteiger partial charge in [-0.05, 0) is 53.6 Å². The maximum absolute atomic E-state index is 13.3. The van der Waals surface area contributed by atoms with E-state index >= 15 is 0 Å². The van der Waals surface area contributed by atoms with Crippen LogP contribution in [0.4, 0.5) is 5.69 Å². The highest BCUT2D eigenvalue weighted by Gasteiger charge is 2.20. The minimum Gasteiger partial charge on any atom is -0.320 e. The van der Waals surface area contributed by atoms with Crippen LogP contribution >= 0.6 is 11.3 Å². The summed E-state index contributed by atoms with van der Waals surface area (Å²) in [4.78, 5) is 14.4. The Labute approximate surface area is 174 Å². The van der Waals surface area contributed by atoms with Gasteiger partial charge in [0.1, 0.15) is 11.4 Å². The van der Waals surface area contributed by atoms with Crippen molar-refractivity contribution in [3.8, 4) is 16.3 Å². The molecule has 0 aliphatic carbocycles. The number of nitrogens with zero attached hydrogens (tertiary/aromatic N) is 2. The Bertz CT molecular complexity index is 1130. The standard InChI is InChI=1S/C24H23N3OS/c1-16(2)19-12-7-9-17(3)23(19)25-24(28)21-15-20(22-13-8-14-29-22)26-27(21)18-10-5-4-6-11-18/h4-16H,1-3H3,(H,25,28). The highest BCUT2D eigenvalue weighted by Crippen LogP contribution is 2.29. The monoisotopic (exact) mass is 401 g/mol. The van der Waals surface area contributed by atoms with Crippen molar-refractivity contribution in [3.63, 3.8) is 0 Å². The van der Waals surface area contributed by atoms with Crippen molar-refractivity contribution < 1.29 is 4.79 Å². The van der Waals surface area contributed by atoms with Crippen LogP contribution in [0.3, 0.4) is 0 Å². The maximum atomic E-state index is 13.3. The van der Waals surface area contributed by atoms with E-state index in [4.69, 9.17) is 5.10 Å². The number of benzene rings is 2. The summed E-state index contributed by atoms with van der Waals surface area (Å²) in [5.74, 6) is 0.145. The van der Waals surface area contributed by atoms with E-state index in [0.29, 0.717) is 11.6 Å². The smallest absolute Gasteiger partial charge is 0.274 e. The summed E-state index contributed by atoms with van der Waals surface area (Å²) in [5.41, 5.74) is 5.22. The molecule has 29 heavy (non-hydrogen) atoms. The van der Waals surface area contributed by atoms with Gasteiger partial charge < -0.3 is 5.32 Å². The SMILES string of the molecule is Cc1cccc(C(C)C)c1NC(=O)c1cc(-c2cccs2)nn1-c1ccccc1. The number of rotatable bonds is 5. The number of amides is 1. The summed E-state index contributed by atoms with van der Waals surface area (Å²) in [5, 5.41) is 9.89. The lowest BCUT2D eigenvalue weighted by molar-refractivity contribution is 0.101. The van der Waals surface area contributed by atoms with Gasteiger partial charge in [-0.25, -0.2) is 4.68 Å². The topological polar surface area (TPSA) is 46.9 Å². The Morgan fingerprint density at radius 3 is 2.52 bits per heavy atom. The summed E-state index contributed by atoms with van der Waals surface area (Å²) >= 11 is 1.61. The van der Waals surface area contributed by atoms with E-state index in [2.05, 4.69) is 25.2 Å². The van der Waals surface area contributed by atoms with E-state index in [1.54, 1.807) is 16.0 Å². The Morgan fingerprint density at radius 2 is 1.83 bits per heavy atom. The number of aryl methyl sites for hydroxylation is 1. The third-order valence-corrected chi connectivity index (χ3v) is 5.77. The molecule has 146 valence electrons. The zero-order valence-electron chi connectivity index (χ0n) is 16.7. The molecule has 5 heteroatoms. The molecule has 4 aromatic rings. The van der Waals surface area contributed by atoms with Crippen LogP contribution in [0.2, 0.25) is 0 Å². The van der Waals surface area contributed by atoms with Crippen molar-refractivity contribution in [1.82, 2.24) is 9.78 Å². The second-order valence-corrected chi connectivity index (χ2v) is 8.24. The van der Waals surface area contributed by atoms with Gasteiger partial charge >= 0.3 is 0 Å². The quantitative estimate of drug-likeness (QED) is 0.427. The van der Waals surface area contributed by atoms with Crippen LogP contribution in [-0.4, -0.2) is 15.7 Å². The van der Waals surface area contributed by atoms with Crippen LogP contribution in [0.15, 0.2) is 72.1 Å². The van der Waals surface area contributed by atoms with Gasteiger partial charge in [0.25, 0.3) is 5.91 Å². The molecule has 0 radical (unpaired) electrons. The normalized spacial score (nSPS) is 11.0. The third kappa shape index (κ3) is 3.87. The zero-order valence-corrected chi connectivity index (χ0v) is 17.5. The molecule has 0 saturated heterocycles. The second-order valence-electron chi connectivity index (χ2n) is 7.29. The van der Waals surface area contributed by atoms with Gasteiger partial charge in [-0.1, -0.05) is 56.3 Å². The number of anilines is 1. The molecule has 0 fully saturated rings. The predicted molar refractivity (Wildman–Crippen MR) is 120 cm³/mol. The van der Waals surface area contributed by atoms with Crippen molar-refractivity contribution in [1.29, 1.82) is 0 Å². The van der Waals surface area contributed by atoms with Crippen molar-refractivity contribution in [2.24, 2.45) is 0 Å². The maximum Gasteiger partial charge on any atom is 0.274 e. The Morgan fingerprint density at radius 1 is 1.03 bits per heavy atom. The number of aromatic nitrogens is 2. The van der Waals surface area contributed by atoms with Crippen LogP contribution in [0.1, 0.15) is 41.4 Å². The van der Waals surface area contributed by atoms with Gasteiger partial charge in [-0.3, -0.25) is 4.79 Å². The van der Waals surface area contributed by atoms with Crippen LogP contribution in [0, 0.1) is 6.92 Å². The minimum absolute atomic E-state index is 0.166. The molecule has 1 amide bonds. The van der Waals surface area contributed by atoms with Crippen LogP contribution in [0.25, 0.3) is 16.3 Å². The van der Waals surface area contributed by atoms with Gasteiger partial charge in [0, 0.05) is 5.69 Å². The summed E-state index contributed by atoms with van der Waals surface area (Å²) < 4.78 is 1.72. The molecule has 1 N–H and O–H groups in total. The molecule has 0 spiro atoms. The van der Waals surface area contributed by atoms with E-state index < -0.39 is 0 Å². The first kappa shape index (κ1) is 19.2. The molecule has 0 bridgehead atoms. The summed E-state index contributed by atoms with van der Waals surface area (Å²) in [6, 6.07) is 21.7. The molecule has 2 heterocycles. The largest absolute Gasteiger partial charge is 0.320 e. The number of carbonyl (C=O) groups is 1. The first-order valence-corrected chi connectivity index (χ1v) is 10.5. The van der Waals surface area contributed by atoms with Gasteiger partial charge in [0.05, 0.1) is 10.6 Å². The van der Waals surface area contributed by atoms with Crippen molar-refractivity contribution in [2.45, 2.75) is 26.7 Å². The number of hydrogen-bond donors (Lipinski definition) is 1. The van der Waals surface area contributed by atoms with E-state index in [1.165, 1.54) is 0 Å². The molecule has 0 atom stereocenters. The van der Waals surface area contributed by atoms with Crippen LogP contribution < -0.4 is 5.32 Å². The molecular formula is C24H23N3OS. The molecule has 2 aromatic heterocycles. The molecule has 2 aromatic carbocycles. The molecule has 4 nitrogen and oxygen atoms in total. The van der Waals surface area contributed by atoms with E-state index in [-0.39, 0.29) is 5.91 Å². The first-order chi connectivity index (χ1) is 14.0. The highest BCUT2D eigenvalue weighted by molar-refractivity contribution is 7.13. The Kier molecular flexibility index (Phi) is 5.32. The van der Waals surface area contributed by atoms with Crippen molar-refractivity contribution in [2.75, 3.05) is 5.32 Å². The third-order valence-electron chi connectivity index (χ3n) is 4.88. The molecule has 0 aliphatic heterocycles. The summed E-state index contributed by atoms with van der Waals surface area (Å²) in [7, 11) is 0. The number of thiophene rings is 1. The first-order valence-electron chi connectivity index (χ1n) is 9.65.